The molecule has 4 rings (SSSR count). The Morgan fingerprint density at radius 3 is 2.09 bits per heavy atom. The lowest BCUT2D eigenvalue weighted by Crippen LogP contribution is -1.90. The van der Waals surface area contributed by atoms with Crippen LogP contribution in [-0.2, 0) is 0 Å². The molecule has 0 bridgehead atoms. The summed E-state index contributed by atoms with van der Waals surface area (Å²) in [6, 6.07) is 21.9. The molecular formula is C18H12ClN3. The largest absolute Gasteiger partial charge is 0.351 e. The lowest BCUT2D eigenvalue weighted by atomic mass is 10.1. The highest BCUT2D eigenvalue weighted by atomic mass is 35.5. The van der Waals surface area contributed by atoms with Gasteiger partial charge in [0, 0.05) is 11.3 Å². The Morgan fingerprint density at radius 2 is 1.41 bits per heavy atom. The summed E-state index contributed by atoms with van der Waals surface area (Å²) in [7, 11) is 0. The number of rotatable bonds is 2. The lowest BCUT2D eigenvalue weighted by molar-refractivity contribution is 1.22. The van der Waals surface area contributed by atoms with Gasteiger partial charge in [0.1, 0.15) is 5.52 Å². The molecule has 106 valence electrons. The Balaban J connectivity index is 1.88. The van der Waals surface area contributed by atoms with Gasteiger partial charge in [-0.25, -0.2) is 9.97 Å². The molecule has 2 aromatic heterocycles. The van der Waals surface area contributed by atoms with E-state index in [1.54, 1.807) is 0 Å². The van der Waals surface area contributed by atoms with Crippen molar-refractivity contribution in [2.24, 2.45) is 0 Å². The van der Waals surface area contributed by atoms with E-state index >= 15 is 0 Å². The number of hydrogen-bond donors (Lipinski definition) is 1. The second-order valence-electron chi connectivity index (χ2n) is 5.01. The molecule has 0 atom stereocenters. The zero-order valence-electron chi connectivity index (χ0n) is 11.6. The van der Waals surface area contributed by atoms with Gasteiger partial charge in [0.2, 0.25) is 0 Å². The van der Waals surface area contributed by atoms with Crippen molar-refractivity contribution in [1.82, 2.24) is 15.0 Å². The van der Waals surface area contributed by atoms with Crippen molar-refractivity contribution >= 4 is 22.6 Å². The zero-order chi connectivity index (χ0) is 14.9. The summed E-state index contributed by atoms with van der Waals surface area (Å²) in [6.07, 6.45) is 0. The van der Waals surface area contributed by atoms with Crippen molar-refractivity contribution < 1.29 is 0 Å². The molecule has 4 heteroatoms. The summed E-state index contributed by atoms with van der Waals surface area (Å²) in [5.74, 6) is 0.636. The first-order valence-electron chi connectivity index (χ1n) is 6.98. The fourth-order valence-corrected chi connectivity index (χ4v) is 2.69. The number of aromatic nitrogens is 3. The average Bonchev–Trinajstić information content (AvgIpc) is 3.01. The molecule has 0 unspecified atom stereocenters. The molecule has 22 heavy (non-hydrogen) atoms. The Morgan fingerprint density at radius 1 is 0.773 bits per heavy atom. The third-order valence-electron chi connectivity index (χ3n) is 3.55. The Labute approximate surface area is 132 Å². The van der Waals surface area contributed by atoms with Gasteiger partial charge in [0.15, 0.2) is 11.0 Å². The van der Waals surface area contributed by atoms with Crippen LogP contribution in [0.4, 0.5) is 0 Å². The van der Waals surface area contributed by atoms with Crippen molar-refractivity contribution in [2.75, 3.05) is 0 Å². The first-order valence-corrected chi connectivity index (χ1v) is 7.36. The van der Waals surface area contributed by atoms with Crippen molar-refractivity contribution in [3.05, 3.63) is 71.9 Å². The molecule has 1 N–H and O–H groups in total. The summed E-state index contributed by atoms with van der Waals surface area (Å²) < 4.78 is 0. The van der Waals surface area contributed by atoms with Gasteiger partial charge >= 0.3 is 0 Å². The first kappa shape index (κ1) is 13.0. The summed E-state index contributed by atoms with van der Waals surface area (Å²) in [5.41, 5.74) is 4.61. The first-order chi connectivity index (χ1) is 10.8. The number of aromatic amines is 1. The van der Waals surface area contributed by atoms with Crippen molar-refractivity contribution in [1.29, 1.82) is 0 Å². The van der Waals surface area contributed by atoms with Crippen LogP contribution in [0.3, 0.4) is 0 Å². The van der Waals surface area contributed by atoms with E-state index < -0.39 is 0 Å². The van der Waals surface area contributed by atoms with Gasteiger partial charge in [0.05, 0.1) is 5.52 Å². The summed E-state index contributed by atoms with van der Waals surface area (Å²) in [4.78, 5) is 12.3. The van der Waals surface area contributed by atoms with Gasteiger partial charge in [-0.3, -0.25) is 0 Å². The fraction of sp³-hybridized carbons (Fsp3) is 0. The maximum absolute atomic E-state index is 6.33. The molecule has 0 amide bonds. The highest BCUT2D eigenvalue weighted by Gasteiger charge is 2.11. The Bertz CT molecular complexity index is 931. The normalized spacial score (nSPS) is 11.0. The molecule has 0 fully saturated rings. The molecule has 0 radical (unpaired) electrons. The van der Waals surface area contributed by atoms with Gasteiger partial charge in [-0.1, -0.05) is 72.3 Å². The smallest absolute Gasteiger partial charge is 0.161 e. The quantitative estimate of drug-likeness (QED) is 0.533. The molecular weight excluding hydrogens is 294 g/mol. The third kappa shape index (κ3) is 2.26. The number of nitrogens with one attached hydrogen (secondary N) is 1. The number of halogens is 1. The van der Waals surface area contributed by atoms with E-state index in [-0.39, 0.29) is 0 Å². The molecule has 4 aromatic rings. The SMILES string of the molecule is Clc1nc(-c2ccccc2)nc2cc(-c3ccccc3)[nH]c12. The van der Waals surface area contributed by atoms with Crippen molar-refractivity contribution in [3.63, 3.8) is 0 Å². The van der Waals surface area contributed by atoms with E-state index in [1.165, 1.54) is 0 Å². The highest BCUT2D eigenvalue weighted by Crippen LogP contribution is 2.28. The molecule has 0 aliphatic rings. The molecule has 0 aliphatic carbocycles. The minimum Gasteiger partial charge on any atom is -0.351 e. The molecule has 0 spiro atoms. The van der Waals surface area contributed by atoms with Gasteiger partial charge in [-0.2, -0.15) is 0 Å². The maximum Gasteiger partial charge on any atom is 0.161 e. The Kier molecular flexibility index (Phi) is 3.13. The van der Waals surface area contributed by atoms with Crippen LogP contribution in [-0.4, -0.2) is 15.0 Å². The summed E-state index contributed by atoms with van der Waals surface area (Å²) in [6.45, 7) is 0. The molecule has 2 aromatic carbocycles. The van der Waals surface area contributed by atoms with Crippen LogP contribution in [0.1, 0.15) is 0 Å². The van der Waals surface area contributed by atoms with Gasteiger partial charge < -0.3 is 4.98 Å². The van der Waals surface area contributed by atoms with E-state index in [9.17, 15) is 0 Å². The number of fused-ring (bicyclic) bond motifs is 1. The predicted octanol–water partition coefficient (Wildman–Crippen LogP) is 4.95. The number of benzene rings is 2. The summed E-state index contributed by atoms with van der Waals surface area (Å²) >= 11 is 6.33. The van der Waals surface area contributed by atoms with Gasteiger partial charge in [-0.15, -0.1) is 0 Å². The number of H-pyrrole nitrogens is 1. The minimum absolute atomic E-state index is 0.436. The number of hydrogen-bond acceptors (Lipinski definition) is 2. The van der Waals surface area contributed by atoms with E-state index in [2.05, 4.69) is 15.0 Å². The molecule has 0 saturated carbocycles. The second kappa shape index (κ2) is 5.28. The highest BCUT2D eigenvalue weighted by molar-refractivity contribution is 6.33. The lowest BCUT2D eigenvalue weighted by Gasteiger charge is -2.01. The predicted molar refractivity (Wildman–Crippen MR) is 89.8 cm³/mol. The van der Waals surface area contributed by atoms with E-state index in [1.807, 2.05) is 66.7 Å². The van der Waals surface area contributed by atoms with Gasteiger partial charge in [0.25, 0.3) is 0 Å². The topological polar surface area (TPSA) is 41.6 Å². The van der Waals surface area contributed by atoms with Crippen LogP contribution in [0.5, 0.6) is 0 Å². The second-order valence-corrected chi connectivity index (χ2v) is 5.37. The van der Waals surface area contributed by atoms with Crippen LogP contribution in [0.25, 0.3) is 33.7 Å². The monoisotopic (exact) mass is 305 g/mol. The number of nitrogens with zero attached hydrogens (tertiary/aromatic N) is 2. The van der Waals surface area contributed by atoms with E-state index in [0.29, 0.717) is 11.0 Å². The molecule has 2 heterocycles. The van der Waals surface area contributed by atoms with Crippen molar-refractivity contribution in [2.45, 2.75) is 0 Å². The van der Waals surface area contributed by atoms with Crippen LogP contribution in [0.2, 0.25) is 5.15 Å². The maximum atomic E-state index is 6.33. The standard InChI is InChI=1S/C18H12ClN3/c19-17-16-15(11-14(20-16)12-7-3-1-4-8-12)21-18(22-17)13-9-5-2-6-10-13/h1-11,20H. The van der Waals surface area contributed by atoms with Gasteiger partial charge in [-0.05, 0) is 11.6 Å². The molecule has 3 nitrogen and oxygen atoms in total. The van der Waals surface area contributed by atoms with E-state index in [0.717, 1.165) is 27.9 Å². The average molecular weight is 306 g/mol. The third-order valence-corrected chi connectivity index (χ3v) is 3.82. The zero-order valence-corrected chi connectivity index (χ0v) is 12.4. The van der Waals surface area contributed by atoms with Crippen LogP contribution < -0.4 is 0 Å². The minimum atomic E-state index is 0.436. The summed E-state index contributed by atoms with van der Waals surface area (Å²) in [5, 5.41) is 0.436. The molecule has 0 saturated heterocycles. The van der Waals surface area contributed by atoms with Crippen LogP contribution >= 0.6 is 11.6 Å². The van der Waals surface area contributed by atoms with Crippen LogP contribution in [0.15, 0.2) is 66.7 Å². The molecule has 0 aliphatic heterocycles. The van der Waals surface area contributed by atoms with E-state index in [4.69, 9.17) is 11.6 Å². The Hall–Kier alpha value is -2.65. The van der Waals surface area contributed by atoms with Crippen LogP contribution in [0, 0.1) is 0 Å². The fourth-order valence-electron chi connectivity index (χ4n) is 2.47. The van der Waals surface area contributed by atoms with Crippen molar-refractivity contribution in [3.8, 4) is 22.6 Å².